The largest absolute Gasteiger partial charge is 0.508 e. The van der Waals surface area contributed by atoms with Crippen LogP contribution in [0.25, 0.3) is 0 Å². The van der Waals surface area contributed by atoms with E-state index < -0.39 is 72.6 Å². The quantitative estimate of drug-likeness (QED) is 0.0918. The highest BCUT2D eigenvalue weighted by Gasteiger charge is 2.31. The summed E-state index contributed by atoms with van der Waals surface area (Å²) in [6.45, 7) is 0.276. The number of phenols is 1. The minimum atomic E-state index is -1.76. The SMILES string of the molecule is NCCCCC(NC(=O)C(CC(N)=O)NC(=O)C(N)Cc1ccc(O)cc1)C(=O)NC(CC(=O)O)C(=O)O. The van der Waals surface area contributed by atoms with E-state index in [9.17, 15) is 39.0 Å². The van der Waals surface area contributed by atoms with Gasteiger partial charge in [-0.3, -0.25) is 24.0 Å². The number of phenolic OH excluding ortho intramolecular Hbond substituents is 1. The van der Waals surface area contributed by atoms with E-state index in [1.54, 1.807) is 12.1 Å². The first-order valence-corrected chi connectivity index (χ1v) is 11.7. The highest BCUT2D eigenvalue weighted by Crippen LogP contribution is 2.11. The van der Waals surface area contributed by atoms with Crippen molar-refractivity contribution in [2.45, 2.75) is 62.7 Å². The standard InChI is InChI=1S/C23H34N6O9/c24-8-2-1-3-15(21(35)29-17(23(37)38)11-19(32)33)27-22(36)16(10-18(26)31)28-20(34)14(25)9-12-4-6-13(30)7-5-12/h4-7,14-17,30H,1-3,8-11,24-25H2,(H2,26,31)(H,27,36)(H,28,34)(H,29,35)(H,32,33)(H,37,38). The van der Waals surface area contributed by atoms with Crippen LogP contribution in [0.2, 0.25) is 0 Å². The minimum Gasteiger partial charge on any atom is -0.508 e. The van der Waals surface area contributed by atoms with Crippen molar-refractivity contribution in [1.82, 2.24) is 16.0 Å². The number of aliphatic carboxylic acids is 2. The molecule has 0 aliphatic carbocycles. The molecule has 4 amide bonds. The molecule has 38 heavy (non-hydrogen) atoms. The fraction of sp³-hybridized carbons (Fsp3) is 0.478. The van der Waals surface area contributed by atoms with Gasteiger partial charge in [-0.2, -0.15) is 0 Å². The van der Waals surface area contributed by atoms with Gasteiger partial charge >= 0.3 is 11.9 Å². The zero-order valence-corrected chi connectivity index (χ0v) is 20.6. The lowest BCUT2D eigenvalue weighted by Gasteiger charge is -2.24. The van der Waals surface area contributed by atoms with Gasteiger partial charge in [-0.25, -0.2) is 4.79 Å². The normalized spacial score (nSPS) is 13.8. The summed E-state index contributed by atoms with van der Waals surface area (Å²) in [5.41, 5.74) is 17.2. The Kier molecular flexibility index (Phi) is 13.2. The van der Waals surface area contributed by atoms with Crippen molar-refractivity contribution in [2.75, 3.05) is 6.54 Å². The smallest absolute Gasteiger partial charge is 0.326 e. The van der Waals surface area contributed by atoms with Crippen molar-refractivity contribution < 1.29 is 44.1 Å². The summed E-state index contributed by atoms with van der Waals surface area (Å²) in [7, 11) is 0. The van der Waals surface area contributed by atoms with Crippen LogP contribution in [-0.2, 0) is 35.2 Å². The Hall–Kier alpha value is -4.24. The van der Waals surface area contributed by atoms with Gasteiger partial charge in [0.25, 0.3) is 0 Å². The van der Waals surface area contributed by atoms with Crippen LogP contribution in [0.4, 0.5) is 0 Å². The third kappa shape index (κ3) is 11.7. The monoisotopic (exact) mass is 538 g/mol. The molecule has 4 unspecified atom stereocenters. The molecule has 0 aromatic heterocycles. The average molecular weight is 539 g/mol. The summed E-state index contributed by atoms with van der Waals surface area (Å²) >= 11 is 0. The first-order valence-electron chi connectivity index (χ1n) is 11.7. The number of carboxylic acids is 2. The number of amides is 4. The molecule has 0 spiro atoms. The van der Waals surface area contributed by atoms with Gasteiger partial charge in [-0.15, -0.1) is 0 Å². The number of hydrogen-bond donors (Lipinski definition) is 9. The summed E-state index contributed by atoms with van der Waals surface area (Å²) in [4.78, 5) is 72.2. The Morgan fingerprint density at radius 1 is 0.789 bits per heavy atom. The average Bonchev–Trinajstić information content (AvgIpc) is 2.83. The molecule has 0 saturated heterocycles. The Morgan fingerprint density at radius 3 is 1.87 bits per heavy atom. The van der Waals surface area contributed by atoms with Crippen LogP contribution in [0.15, 0.2) is 24.3 Å². The summed E-state index contributed by atoms with van der Waals surface area (Å²) < 4.78 is 0. The van der Waals surface area contributed by atoms with E-state index in [2.05, 4.69) is 16.0 Å². The highest BCUT2D eigenvalue weighted by atomic mass is 16.4. The van der Waals surface area contributed by atoms with E-state index in [0.717, 1.165) is 0 Å². The Labute approximate surface area is 218 Å². The van der Waals surface area contributed by atoms with Crippen molar-refractivity contribution >= 4 is 35.6 Å². The first kappa shape index (κ1) is 31.8. The molecule has 1 aromatic rings. The molecule has 0 bridgehead atoms. The van der Waals surface area contributed by atoms with Gasteiger partial charge in [0.15, 0.2) is 0 Å². The molecule has 210 valence electrons. The van der Waals surface area contributed by atoms with Crippen LogP contribution >= 0.6 is 0 Å². The van der Waals surface area contributed by atoms with E-state index in [4.69, 9.17) is 22.3 Å². The number of carbonyl (C=O) groups excluding carboxylic acids is 4. The van der Waals surface area contributed by atoms with Gasteiger partial charge in [0, 0.05) is 0 Å². The summed E-state index contributed by atoms with van der Waals surface area (Å²) in [5.74, 6) is -6.70. The van der Waals surface area contributed by atoms with Crippen molar-refractivity contribution in [1.29, 1.82) is 0 Å². The number of primary amides is 1. The van der Waals surface area contributed by atoms with E-state index in [-0.39, 0.29) is 25.1 Å². The van der Waals surface area contributed by atoms with Crippen LogP contribution < -0.4 is 33.2 Å². The van der Waals surface area contributed by atoms with Crippen molar-refractivity contribution in [3.63, 3.8) is 0 Å². The topological polar surface area (TPSA) is 277 Å². The number of nitrogens with one attached hydrogen (secondary N) is 3. The van der Waals surface area contributed by atoms with Crippen molar-refractivity contribution in [2.24, 2.45) is 17.2 Å². The lowest BCUT2D eigenvalue weighted by atomic mass is 10.0. The van der Waals surface area contributed by atoms with E-state index >= 15 is 0 Å². The molecule has 0 aliphatic rings. The number of nitrogens with two attached hydrogens (primary N) is 3. The van der Waals surface area contributed by atoms with Crippen molar-refractivity contribution in [3.05, 3.63) is 29.8 Å². The molecule has 0 aliphatic heterocycles. The van der Waals surface area contributed by atoms with E-state index in [1.165, 1.54) is 12.1 Å². The molecule has 0 fully saturated rings. The molecule has 0 heterocycles. The summed E-state index contributed by atoms with van der Waals surface area (Å²) in [6, 6.07) is 0.180. The first-order chi connectivity index (χ1) is 17.8. The summed E-state index contributed by atoms with van der Waals surface area (Å²) in [6.07, 6.45) is -0.672. The lowest BCUT2D eigenvalue weighted by Crippen LogP contribution is -2.58. The minimum absolute atomic E-state index is 0.00574. The zero-order chi connectivity index (χ0) is 28.8. The van der Waals surface area contributed by atoms with Crippen LogP contribution in [0.1, 0.15) is 37.7 Å². The Balaban J connectivity index is 2.99. The second-order valence-electron chi connectivity index (χ2n) is 8.55. The molecule has 15 nitrogen and oxygen atoms in total. The van der Waals surface area contributed by atoms with Gasteiger partial charge in [-0.05, 0) is 49.9 Å². The number of carbonyl (C=O) groups is 6. The predicted octanol–water partition coefficient (Wildman–Crippen LogP) is -2.72. The van der Waals surface area contributed by atoms with E-state index in [0.29, 0.717) is 18.4 Å². The number of carboxylic acid groups (broad SMARTS) is 2. The van der Waals surface area contributed by atoms with Gasteiger partial charge in [-0.1, -0.05) is 12.1 Å². The molecule has 12 N–H and O–H groups in total. The molecule has 4 atom stereocenters. The van der Waals surface area contributed by atoms with Gasteiger partial charge in [0.05, 0.1) is 18.9 Å². The van der Waals surface area contributed by atoms with E-state index in [1.807, 2.05) is 0 Å². The van der Waals surface area contributed by atoms with Gasteiger partial charge in [0.2, 0.25) is 23.6 Å². The van der Waals surface area contributed by atoms with Crippen molar-refractivity contribution in [3.8, 4) is 5.75 Å². The Morgan fingerprint density at radius 2 is 1.34 bits per heavy atom. The molecule has 1 rings (SSSR count). The number of benzene rings is 1. The predicted molar refractivity (Wildman–Crippen MR) is 132 cm³/mol. The molecule has 15 heteroatoms. The van der Waals surface area contributed by atoms with Crippen LogP contribution in [0.5, 0.6) is 5.75 Å². The van der Waals surface area contributed by atoms with Crippen LogP contribution in [0, 0.1) is 0 Å². The Bertz CT molecular complexity index is 1000. The third-order valence-electron chi connectivity index (χ3n) is 5.34. The number of rotatable bonds is 17. The molecule has 0 saturated carbocycles. The van der Waals surface area contributed by atoms with Gasteiger partial charge in [0.1, 0.15) is 23.9 Å². The van der Waals surface area contributed by atoms with Gasteiger partial charge < -0.3 is 48.5 Å². The maximum Gasteiger partial charge on any atom is 0.326 e. The maximum atomic E-state index is 13.0. The number of unbranched alkanes of at least 4 members (excludes halogenated alkanes) is 1. The fourth-order valence-electron chi connectivity index (χ4n) is 3.35. The lowest BCUT2D eigenvalue weighted by molar-refractivity contribution is -0.147. The second-order valence-corrected chi connectivity index (χ2v) is 8.55. The molecule has 0 radical (unpaired) electrons. The number of hydrogen-bond acceptors (Lipinski definition) is 9. The van der Waals surface area contributed by atoms with Crippen LogP contribution in [-0.4, -0.2) is 81.6 Å². The molecular formula is C23H34N6O9. The molecule has 1 aromatic carbocycles. The molecular weight excluding hydrogens is 504 g/mol. The third-order valence-corrected chi connectivity index (χ3v) is 5.34. The highest BCUT2D eigenvalue weighted by molar-refractivity contribution is 5.96. The zero-order valence-electron chi connectivity index (χ0n) is 20.6. The fourth-order valence-corrected chi connectivity index (χ4v) is 3.35. The number of aromatic hydroxyl groups is 1. The second kappa shape index (κ2) is 15.8. The van der Waals surface area contributed by atoms with Crippen LogP contribution in [0.3, 0.4) is 0 Å². The summed E-state index contributed by atoms with van der Waals surface area (Å²) in [5, 5.41) is 34.2. The maximum absolute atomic E-state index is 13.0.